The maximum absolute atomic E-state index is 13.6. The molecule has 0 radical (unpaired) electrons. The van der Waals surface area contributed by atoms with Crippen molar-refractivity contribution in [1.29, 1.82) is 0 Å². The fourth-order valence-electron chi connectivity index (χ4n) is 4.55. The zero-order valence-electron chi connectivity index (χ0n) is 21.3. The molecule has 1 atom stereocenters. The van der Waals surface area contributed by atoms with Crippen LogP contribution in [-0.4, -0.2) is 24.9 Å². The fraction of sp³-hybridized carbons (Fsp3) is 0.310. The van der Waals surface area contributed by atoms with Gasteiger partial charge in [0.25, 0.3) is 5.91 Å². The molecule has 4 nitrogen and oxygen atoms in total. The first kappa shape index (κ1) is 28.3. The van der Waals surface area contributed by atoms with Crippen LogP contribution in [0.4, 0.5) is 24.5 Å². The molecule has 1 aliphatic heterocycles. The maximum atomic E-state index is 13.6. The van der Waals surface area contributed by atoms with E-state index in [4.69, 9.17) is 11.6 Å². The standard InChI is InChI=1S/C27H24ClF3N2O2.C2H6/c1-3-32(21-13-11-20(28)12-14-21)26(35)23-15-16-33(24-17(2)5-4-6-22(23)24)25(34)18-7-9-19(10-8-18)27(29,30)31;1-2/h4-14,23H,3,15-16H2,1-2H3;1-2H3. The monoisotopic (exact) mass is 530 g/mol. The highest BCUT2D eigenvalue weighted by molar-refractivity contribution is 6.30. The number of halogens is 4. The molecule has 3 aromatic carbocycles. The zero-order valence-corrected chi connectivity index (χ0v) is 22.0. The molecule has 1 aliphatic rings. The zero-order chi connectivity index (χ0) is 27.3. The van der Waals surface area contributed by atoms with E-state index in [9.17, 15) is 22.8 Å². The first-order chi connectivity index (χ1) is 17.6. The van der Waals surface area contributed by atoms with Crippen LogP contribution in [0.2, 0.25) is 5.02 Å². The van der Waals surface area contributed by atoms with Gasteiger partial charge in [0.05, 0.1) is 17.2 Å². The number of amides is 2. The molecule has 1 heterocycles. The van der Waals surface area contributed by atoms with Crippen molar-refractivity contribution in [2.75, 3.05) is 22.9 Å². The van der Waals surface area contributed by atoms with Gasteiger partial charge in [-0.15, -0.1) is 0 Å². The highest BCUT2D eigenvalue weighted by Gasteiger charge is 2.36. The molecule has 4 rings (SSSR count). The van der Waals surface area contributed by atoms with Gasteiger partial charge in [-0.2, -0.15) is 13.2 Å². The van der Waals surface area contributed by atoms with E-state index < -0.39 is 23.6 Å². The number of benzene rings is 3. The van der Waals surface area contributed by atoms with Crippen molar-refractivity contribution in [2.45, 2.75) is 46.2 Å². The summed E-state index contributed by atoms with van der Waals surface area (Å²) in [5.74, 6) is -0.939. The number of carbonyl (C=O) groups excluding carboxylic acids is 2. The topological polar surface area (TPSA) is 40.6 Å². The summed E-state index contributed by atoms with van der Waals surface area (Å²) in [5.41, 5.74) is 2.27. The number of nitrogens with zero attached hydrogens (tertiary/aromatic N) is 2. The number of anilines is 2. The summed E-state index contributed by atoms with van der Waals surface area (Å²) in [6.45, 7) is 8.49. The number of hydrogen-bond acceptors (Lipinski definition) is 2. The summed E-state index contributed by atoms with van der Waals surface area (Å²) in [6.07, 6.45) is -4.08. The number of likely N-dealkylation sites (N-methyl/N-ethyl adjacent to an activating group) is 1. The molecule has 0 N–H and O–H groups in total. The average Bonchev–Trinajstić information content (AvgIpc) is 2.90. The lowest BCUT2D eigenvalue weighted by molar-refractivity contribution is -0.137. The number of rotatable bonds is 4. The van der Waals surface area contributed by atoms with E-state index in [1.165, 1.54) is 12.1 Å². The van der Waals surface area contributed by atoms with E-state index in [-0.39, 0.29) is 18.0 Å². The lowest BCUT2D eigenvalue weighted by Gasteiger charge is -2.37. The Morgan fingerprint density at radius 3 is 2.19 bits per heavy atom. The van der Waals surface area contributed by atoms with E-state index in [1.54, 1.807) is 34.1 Å². The van der Waals surface area contributed by atoms with Gasteiger partial charge in [0.15, 0.2) is 0 Å². The Morgan fingerprint density at radius 2 is 1.62 bits per heavy atom. The molecule has 3 aromatic rings. The Bertz CT molecular complexity index is 1240. The molecule has 0 bridgehead atoms. The molecule has 196 valence electrons. The fourth-order valence-corrected chi connectivity index (χ4v) is 4.68. The molecule has 2 amide bonds. The predicted molar refractivity (Wildman–Crippen MR) is 142 cm³/mol. The van der Waals surface area contributed by atoms with Crippen LogP contribution in [0, 0.1) is 6.92 Å². The average molecular weight is 531 g/mol. The van der Waals surface area contributed by atoms with E-state index in [2.05, 4.69) is 0 Å². The van der Waals surface area contributed by atoms with E-state index in [0.717, 1.165) is 28.9 Å². The van der Waals surface area contributed by atoms with E-state index in [0.29, 0.717) is 23.7 Å². The third kappa shape index (κ3) is 5.99. The Balaban J connectivity index is 0.00000186. The first-order valence-electron chi connectivity index (χ1n) is 12.3. The minimum atomic E-state index is -4.47. The molecule has 0 aromatic heterocycles. The van der Waals surface area contributed by atoms with Crippen molar-refractivity contribution >= 4 is 34.8 Å². The predicted octanol–water partition coefficient (Wildman–Crippen LogP) is 7.88. The molecule has 8 heteroatoms. The molecule has 0 fully saturated rings. The second-order valence-electron chi connectivity index (χ2n) is 8.44. The highest BCUT2D eigenvalue weighted by Crippen LogP contribution is 2.40. The second-order valence-corrected chi connectivity index (χ2v) is 8.88. The van der Waals surface area contributed by atoms with Crippen LogP contribution < -0.4 is 9.80 Å². The van der Waals surface area contributed by atoms with Gasteiger partial charge < -0.3 is 9.80 Å². The molecular weight excluding hydrogens is 501 g/mol. The third-order valence-electron chi connectivity index (χ3n) is 6.28. The van der Waals surface area contributed by atoms with Gasteiger partial charge in [0.2, 0.25) is 5.91 Å². The molecule has 0 saturated carbocycles. The summed E-state index contributed by atoms with van der Waals surface area (Å²) in [7, 11) is 0. The summed E-state index contributed by atoms with van der Waals surface area (Å²) in [4.78, 5) is 30.2. The van der Waals surface area contributed by atoms with Crippen LogP contribution >= 0.6 is 11.6 Å². The number of hydrogen-bond donors (Lipinski definition) is 0. The van der Waals surface area contributed by atoms with Crippen LogP contribution in [0.5, 0.6) is 0 Å². The second kappa shape index (κ2) is 11.8. The Labute approximate surface area is 220 Å². The summed E-state index contributed by atoms with van der Waals surface area (Å²) in [5, 5.41) is 0.577. The van der Waals surface area contributed by atoms with Crippen LogP contribution in [0.3, 0.4) is 0 Å². The number of fused-ring (bicyclic) bond motifs is 1. The highest BCUT2D eigenvalue weighted by atomic mass is 35.5. The van der Waals surface area contributed by atoms with Crippen molar-refractivity contribution in [2.24, 2.45) is 0 Å². The van der Waals surface area contributed by atoms with Crippen LogP contribution in [0.15, 0.2) is 66.7 Å². The third-order valence-corrected chi connectivity index (χ3v) is 6.53. The SMILES string of the molecule is CC.CCN(C(=O)C1CCN(C(=O)c2ccc(C(F)(F)F)cc2)c2c(C)cccc21)c1ccc(Cl)cc1. The van der Waals surface area contributed by atoms with Gasteiger partial charge in [-0.3, -0.25) is 9.59 Å². The molecular formula is C29H30ClF3N2O2. The van der Waals surface area contributed by atoms with Gasteiger partial charge in [0, 0.05) is 29.4 Å². The van der Waals surface area contributed by atoms with E-state index >= 15 is 0 Å². The van der Waals surface area contributed by atoms with E-state index in [1.807, 2.05) is 45.9 Å². The number of aryl methyl sites for hydroxylation is 1. The summed E-state index contributed by atoms with van der Waals surface area (Å²) in [6, 6.07) is 16.8. The van der Waals surface area contributed by atoms with Crippen molar-refractivity contribution in [1.82, 2.24) is 0 Å². The lowest BCUT2D eigenvalue weighted by atomic mass is 9.86. The quantitative estimate of drug-likeness (QED) is 0.344. The molecule has 0 spiro atoms. The smallest absolute Gasteiger partial charge is 0.312 e. The molecule has 37 heavy (non-hydrogen) atoms. The Morgan fingerprint density at radius 1 is 1.00 bits per heavy atom. The number of alkyl halides is 3. The number of carbonyl (C=O) groups is 2. The minimum Gasteiger partial charge on any atom is -0.312 e. The van der Waals surface area contributed by atoms with Gasteiger partial charge >= 0.3 is 6.18 Å². The first-order valence-corrected chi connectivity index (χ1v) is 12.6. The number of para-hydroxylation sites is 1. The van der Waals surface area contributed by atoms with Crippen LogP contribution in [0.25, 0.3) is 0 Å². The van der Waals surface area contributed by atoms with Crippen LogP contribution in [-0.2, 0) is 11.0 Å². The van der Waals surface area contributed by atoms with Gasteiger partial charge in [0.1, 0.15) is 0 Å². The maximum Gasteiger partial charge on any atom is 0.416 e. The molecule has 0 saturated heterocycles. The van der Waals surface area contributed by atoms with Gasteiger partial charge in [-0.25, -0.2) is 0 Å². The molecule has 0 aliphatic carbocycles. The largest absolute Gasteiger partial charge is 0.416 e. The summed E-state index contributed by atoms with van der Waals surface area (Å²) >= 11 is 6.00. The Hall–Kier alpha value is -3.32. The van der Waals surface area contributed by atoms with Crippen molar-refractivity contribution in [3.63, 3.8) is 0 Å². The summed E-state index contributed by atoms with van der Waals surface area (Å²) < 4.78 is 38.8. The van der Waals surface area contributed by atoms with Crippen molar-refractivity contribution in [3.8, 4) is 0 Å². The Kier molecular flexibility index (Phi) is 9.02. The normalized spacial score (nSPS) is 14.8. The lowest BCUT2D eigenvalue weighted by Crippen LogP contribution is -2.42. The van der Waals surface area contributed by atoms with Gasteiger partial charge in [-0.1, -0.05) is 43.6 Å². The molecule has 1 unspecified atom stereocenters. The van der Waals surface area contributed by atoms with Gasteiger partial charge in [-0.05, 0) is 79.9 Å². The van der Waals surface area contributed by atoms with Crippen molar-refractivity contribution in [3.05, 3.63) is 94.0 Å². The minimum absolute atomic E-state index is 0.0803. The van der Waals surface area contributed by atoms with Crippen molar-refractivity contribution < 1.29 is 22.8 Å². The van der Waals surface area contributed by atoms with Crippen LogP contribution in [0.1, 0.15) is 60.2 Å².